The number of aliphatic imine (C=N–C) groups is 1. The third-order valence-corrected chi connectivity index (χ3v) is 3.21. The molecule has 2 aromatic carbocycles. The molecule has 0 spiro atoms. The summed E-state index contributed by atoms with van der Waals surface area (Å²) in [4.78, 5) is 14.8. The van der Waals surface area contributed by atoms with E-state index in [1.807, 2.05) is 30.3 Å². The van der Waals surface area contributed by atoms with Crippen molar-refractivity contribution >= 4 is 19.2 Å². The van der Waals surface area contributed by atoms with Crippen LogP contribution in [-0.4, -0.2) is 30.4 Å². The molecule has 1 N–H and O–H groups in total. The van der Waals surface area contributed by atoms with E-state index in [0.29, 0.717) is 19.5 Å². The minimum absolute atomic E-state index is 0.221. The van der Waals surface area contributed by atoms with Crippen molar-refractivity contribution in [2.45, 2.75) is 19.1 Å². The maximum atomic E-state index is 11.1. The number of carboxylic acids is 1. The summed E-state index contributed by atoms with van der Waals surface area (Å²) in [6, 6.07) is 16.0. The molecule has 6 heteroatoms. The number of hydrogen-bond acceptors (Lipinski definition) is 4. The molecule has 0 unspecified atom stereocenters. The van der Waals surface area contributed by atoms with Crippen molar-refractivity contribution in [1.82, 2.24) is 0 Å². The van der Waals surface area contributed by atoms with Gasteiger partial charge < -0.3 is 0 Å². The number of nitrogens with zero attached hydrogens (tertiary/aromatic N) is 1. The Kier molecular flexibility index (Phi) is 6.23. The van der Waals surface area contributed by atoms with Crippen molar-refractivity contribution in [2.24, 2.45) is 4.99 Å². The molecule has 2 aromatic rings. The zero-order valence-corrected chi connectivity index (χ0v) is 12.5. The third kappa shape index (κ3) is 5.50. The first-order valence-electron chi connectivity index (χ1n) is 7.14. The number of ether oxygens (including phenoxy) is 1. The Labute approximate surface area is 134 Å². The summed E-state index contributed by atoms with van der Waals surface area (Å²) in [5.74, 6) is -0.353. The quantitative estimate of drug-likeness (QED) is 0.600. The molecule has 5 nitrogen and oxygen atoms in total. The molecule has 0 amide bonds. The Morgan fingerprint density at radius 3 is 2.43 bits per heavy atom. The van der Waals surface area contributed by atoms with E-state index in [1.165, 1.54) is 0 Å². The standard InChI is InChI=1S/C17H16BNO4/c20-17(21)16(19-12-18-22)10-13-6-8-15(9-7-13)23-11-14-4-2-1-3-5-14/h1-9,12,16H,10-11H2,(H,20,21)/t16-/m0/s1. The first-order chi connectivity index (χ1) is 11.2. The van der Waals surface area contributed by atoms with Gasteiger partial charge in [0.15, 0.2) is 0 Å². The predicted octanol–water partition coefficient (Wildman–Crippen LogP) is 2.34. The first-order valence-corrected chi connectivity index (χ1v) is 7.14. The fourth-order valence-electron chi connectivity index (χ4n) is 2.03. The molecular weight excluding hydrogens is 293 g/mol. The number of benzene rings is 2. The van der Waals surface area contributed by atoms with Gasteiger partial charge in [0.2, 0.25) is 0 Å². The Bertz CT molecular complexity index is 671. The van der Waals surface area contributed by atoms with Crippen LogP contribution < -0.4 is 4.74 Å². The van der Waals surface area contributed by atoms with Crippen LogP contribution in [0.25, 0.3) is 0 Å². The van der Waals surface area contributed by atoms with Crippen LogP contribution in [0.5, 0.6) is 5.75 Å². The molecule has 0 saturated heterocycles. The van der Waals surface area contributed by atoms with E-state index >= 15 is 0 Å². The zero-order valence-electron chi connectivity index (χ0n) is 12.5. The van der Waals surface area contributed by atoms with E-state index in [0.717, 1.165) is 17.2 Å². The zero-order chi connectivity index (χ0) is 16.5. The summed E-state index contributed by atoms with van der Waals surface area (Å²) >= 11 is 0. The van der Waals surface area contributed by atoms with Crippen LogP contribution >= 0.6 is 0 Å². The van der Waals surface area contributed by atoms with Gasteiger partial charge in [-0.15, -0.1) is 0 Å². The normalized spacial score (nSPS) is 11.8. The average molecular weight is 309 g/mol. The van der Waals surface area contributed by atoms with Crippen molar-refractivity contribution < 1.29 is 19.3 Å². The molecule has 0 saturated carbocycles. The van der Waals surface area contributed by atoms with Gasteiger partial charge in [-0.1, -0.05) is 18.2 Å². The fourth-order valence-corrected chi connectivity index (χ4v) is 2.03. The van der Waals surface area contributed by atoms with Crippen LogP contribution in [0.15, 0.2) is 59.6 Å². The first kappa shape index (κ1) is 16.6. The second kappa shape index (κ2) is 8.63. The van der Waals surface area contributed by atoms with Gasteiger partial charge >= 0.3 is 116 Å². The molecular formula is C17H16BNO4. The van der Waals surface area contributed by atoms with E-state index in [4.69, 9.17) is 9.84 Å². The molecule has 23 heavy (non-hydrogen) atoms. The second-order valence-electron chi connectivity index (χ2n) is 4.91. The van der Waals surface area contributed by atoms with Crippen LogP contribution in [0.4, 0.5) is 0 Å². The summed E-state index contributed by atoms with van der Waals surface area (Å²) in [5, 5.41) is 9.07. The molecule has 0 bridgehead atoms. The maximum absolute atomic E-state index is 11.1. The summed E-state index contributed by atoms with van der Waals surface area (Å²) in [6.07, 6.45) is 1.19. The molecule has 0 aromatic heterocycles. The molecule has 0 fully saturated rings. The Balaban J connectivity index is 1.94. The summed E-state index contributed by atoms with van der Waals surface area (Å²) in [6.45, 7) is 0.474. The number of aliphatic carboxylic acids is 1. The molecule has 116 valence electrons. The van der Waals surface area contributed by atoms with Gasteiger partial charge in [0.1, 0.15) is 0 Å². The molecule has 0 radical (unpaired) electrons. The number of hydrogen-bond donors (Lipinski definition) is 1. The molecule has 0 heterocycles. The van der Waals surface area contributed by atoms with Crippen LogP contribution in [-0.2, 0) is 22.5 Å². The Hall–Kier alpha value is -2.76. The monoisotopic (exact) mass is 309 g/mol. The second-order valence-corrected chi connectivity index (χ2v) is 4.91. The van der Waals surface area contributed by atoms with Crippen LogP contribution in [0.3, 0.4) is 0 Å². The molecule has 0 aliphatic heterocycles. The van der Waals surface area contributed by atoms with Gasteiger partial charge in [0, 0.05) is 0 Å². The van der Waals surface area contributed by atoms with Gasteiger partial charge in [0.25, 0.3) is 0 Å². The third-order valence-electron chi connectivity index (χ3n) is 3.21. The SMILES string of the molecule is O=BC=N[C@@H](Cc1ccc(OCc2ccccc2)cc1)C(=O)O. The van der Waals surface area contributed by atoms with Gasteiger partial charge in [-0.2, -0.15) is 0 Å². The Morgan fingerprint density at radius 1 is 1.13 bits per heavy atom. The van der Waals surface area contributed by atoms with E-state index < -0.39 is 12.0 Å². The van der Waals surface area contributed by atoms with E-state index in [9.17, 15) is 9.50 Å². The number of rotatable bonds is 8. The summed E-state index contributed by atoms with van der Waals surface area (Å²) in [7, 11) is 0.469. The molecule has 0 aliphatic carbocycles. The van der Waals surface area contributed by atoms with Gasteiger partial charge in [-0.05, 0) is 0 Å². The van der Waals surface area contributed by atoms with Gasteiger partial charge in [0.05, 0.1) is 0 Å². The topological polar surface area (TPSA) is 76.0 Å². The fraction of sp³-hybridized carbons (Fsp3) is 0.176. The summed E-state index contributed by atoms with van der Waals surface area (Å²) in [5.41, 5.74) is 1.89. The molecule has 2 rings (SSSR count). The number of carboxylic acid groups (broad SMARTS) is 1. The minimum atomic E-state index is -1.06. The average Bonchev–Trinajstić information content (AvgIpc) is 2.58. The van der Waals surface area contributed by atoms with Crippen LogP contribution in [0.2, 0.25) is 0 Å². The number of carbonyl (C=O) groups is 1. The molecule has 0 aliphatic rings. The van der Waals surface area contributed by atoms with E-state index in [-0.39, 0.29) is 6.42 Å². The Morgan fingerprint density at radius 2 is 1.83 bits per heavy atom. The van der Waals surface area contributed by atoms with Crippen molar-refractivity contribution in [3.8, 4) is 5.75 Å². The van der Waals surface area contributed by atoms with Gasteiger partial charge in [-0.3, -0.25) is 0 Å². The van der Waals surface area contributed by atoms with Crippen molar-refractivity contribution in [2.75, 3.05) is 0 Å². The molecule has 1 atom stereocenters. The van der Waals surface area contributed by atoms with E-state index in [2.05, 4.69) is 4.99 Å². The van der Waals surface area contributed by atoms with Crippen molar-refractivity contribution in [3.05, 3.63) is 65.7 Å². The van der Waals surface area contributed by atoms with Crippen molar-refractivity contribution in [3.63, 3.8) is 0 Å². The van der Waals surface area contributed by atoms with Crippen LogP contribution in [0.1, 0.15) is 11.1 Å². The predicted molar refractivity (Wildman–Crippen MR) is 87.3 cm³/mol. The van der Waals surface area contributed by atoms with Gasteiger partial charge in [-0.25, -0.2) is 0 Å². The van der Waals surface area contributed by atoms with Crippen LogP contribution in [0, 0.1) is 0 Å². The summed E-state index contributed by atoms with van der Waals surface area (Å²) < 4.78 is 15.9. The van der Waals surface area contributed by atoms with E-state index in [1.54, 1.807) is 24.3 Å². The van der Waals surface area contributed by atoms with Crippen molar-refractivity contribution in [1.29, 1.82) is 0 Å².